The third kappa shape index (κ3) is 5.65. The molecule has 4 nitrogen and oxygen atoms in total. The topological polar surface area (TPSA) is 44.8 Å². The van der Waals surface area contributed by atoms with Gasteiger partial charge in [0.1, 0.15) is 5.04 Å². The number of carbonyl (C=O) groups excluding carboxylic acids is 1. The molecule has 0 aliphatic rings. The average Bonchev–Trinajstić information content (AvgIpc) is 2.63. The summed E-state index contributed by atoms with van der Waals surface area (Å²) < 4.78 is 18.2. The molecule has 0 fully saturated rings. The summed E-state index contributed by atoms with van der Waals surface area (Å²) in [5, 5.41) is -0.676. The van der Waals surface area contributed by atoms with E-state index in [0.717, 1.165) is 18.9 Å². The summed E-state index contributed by atoms with van der Waals surface area (Å²) in [6.45, 7) is 20.1. The lowest BCUT2D eigenvalue weighted by molar-refractivity contribution is -0.140. The maximum atomic E-state index is 13.4. The molecule has 149 valence electrons. The highest BCUT2D eigenvalue weighted by Crippen LogP contribution is 2.45. The van der Waals surface area contributed by atoms with Crippen molar-refractivity contribution in [3.63, 3.8) is 0 Å². The van der Waals surface area contributed by atoms with Crippen molar-refractivity contribution in [3.05, 3.63) is 0 Å². The fraction of sp³-hybridized carbons (Fsp3) is 0.947. The molecule has 0 spiro atoms. The van der Waals surface area contributed by atoms with Gasteiger partial charge in [-0.05, 0) is 44.3 Å². The number of hydrogen-bond donors (Lipinski definition) is 0. The average molecular weight is 390 g/mol. The molecule has 0 aromatic carbocycles. The van der Waals surface area contributed by atoms with Crippen LogP contribution in [0.25, 0.3) is 0 Å². The van der Waals surface area contributed by atoms with Crippen LogP contribution in [0.15, 0.2) is 0 Å². The second kappa shape index (κ2) is 11.5. The summed E-state index contributed by atoms with van der Waals surface area (Å²) in [6, 6.07) is 0.966. The van der Waals surface area contributed by atoms with Gasteiger partial charge in [0.25, 0.3) is 14.3 Å². The van der Waals surface area contributed by atoms with Crippen LogP contribution in [0.4, 0.5) is 0 Å². The first kappa shape index (κ1) is 24.8. The smallest absolute Gasteiger partial charge is 0.402 e. The SMILES string of the molecule is CCO[Si](OCC)C(C)(CC)C(=O)O[Si](CC)(C(C)CC)C(C)CC. The predicted molar refractivity (Wildman–Crippen MR) is 109 cm³/mol. The van der Waals surface area contributed by atoms with Crippen LogP contribution in [0.3, 0.4) is 0 Å². The van der Waals surface area contributed by atoms with Crippen molar-refractivity contribution in [1.82, 2.24) is 0 Å². The Labute approximate surface area is 159 Å². The third-order valence-corrected chi connectivity index (χ3v) is 14.3. The Morgan fingerprint density at radius 2 is 1.40 bits per heavy atom. The van der Waals surface area contributed by atoms with E-state index in [1.165, 1.54) is 0 Å². The summed E-state index contributed by atoms with van der Waals surface area (Å²) in [5.74, 6) is -0.0973. The molecular formula is C19H41O4Si2. The van der Waals surface area contributed by atoms with Crippen molar-refractivity contribution in [2.45, 2.75) is 104 Å². The van der Waals surface area contributed by atoms with Gasteiger partial charge in [0.2, 0.25) is 0 Å². The van der Waals surface area contributed by atoms with Crippen molar-refractivity contribution in [1.29, 1.82) is 0 Å². The maximum absolute atomic E-state index is 13.4. The lowest BCUT2D eigenvalue weighted by Gasteiger charge is -2.42. The maximum Gasteiger partial charge on any atom is 0.402 e. The molecule has 0 N–H and O–H groups in total. The van der Waals surface area contributed by atoms with E-state index in [2.05, 4.69) is 34.6 Å². The standard InChI is InChI=1S/C19H41O4Si2/c1-10-16(7)25(15-6,17(8)11-2)23-18(20)19(9,12-3)24(21-13-4)22-14-5/h16-17H,10-15H2,1-9H3. The molecule has 0 saturated carbocycles. The van der Waals surface area contributed by atoms with Gasteiger partial charge in [-0.15, -0.1) is 0 Å². The molecule has 0 heterocycles. The van der Waals surface area contributed by atoms with E-state index in [9.17, 15) is 4.79 Å². The zero-order valence-corrected chi connectivity index (χ0v) is 20.0. The third-order valence-electron chi connectivity index (χ3n) is 5.89. The molecule has 3 atom stereocenters. The first-order valence-electron chi connectivity index (χ1n) is 10.1. The largest absolute Gasteiger partial charge is 0.518 e. The van der Waals surface area contributed by atoms with Crippen LogP contribution in [-0.2, 0) is 18.1 Å². The highest BCUT2D eigenvalue weighted by atomic mass is 28.4. The van der Waals surface area contributed by atoms with E-state index in [1.807, 2.05) is 27.7 Å². The highest BCUT2D eigenvalue weighted by Gasteiger charge is 2.53. The van der Waals surface area contributed by atoms with Gasteiger partial charge in [-0.2, -0.15) is 0 Å². The first-order valence-corrected chi connectivity index (χ1v) is 13.7. The van der Waals surface area contributed by atoms with Crippen molar-refractivity contribution in [2.75, 3.05) is 13.2 Å². The van der Waals surface area contributed by atoms with Gasteiger partial charge in [-0.25, -0.2) is 0 Å². The minimum atomic E-state index is -2.20. The monoisotopic (exact) mass is 389 g/mol. The Balaban J connectivity index is 5.75. The van der Waals surface area contributed by atoms with Crippen LogP contribution in [0.5, 0.6) is 0 Å². The van der Waals surface area contributed by atoms with Crippen molar-refractivity contribution in [3.8, 4) is 0 Å². The second-order valence-electron chi connectivity index (χ2n) is 7.16. The van der Waals surface area contributed by atoms with E-state index < -0.39 is 22.6 Å². The quantitative estimate of drug-likeness (QED) is 0.372. The van der Waals surface area contributed by atoms with Crippen LogP contribution in [0.1, 0.15) is 81.6 Å². The summed E-state index contributed by atoms with van der Waals surface area (Å²) in [6.07, 6.45) is 2.78. The second-order valence-corrected chi connectivity index (χ2v) is 14.2. The molecule has 6 heteroatoms. The van der Waals surface area contributed by atoms with Crippen molar-refractivity contribution in [2.24, 2.45) is 0 Å². The molecule has 1 radical (unpaired) electrons. The number of hydrogen-bond acceptors (Lipinski definition) is 4. The molecular weight excluding hydrogens is 348 g/mol. The van der Waals surface area contributed by atoms with E-state index in [1.54, 1.807) is 0 Å². The molecule has 0 aromatic rings. The molecule has 25 heavy (non-hydrogen) atoms. The van der Waals surface area contributed by atoms with Crippen molar-refractivity contribution < 1.29 is 18.1 Å². The Morgan fingerprint density at radius 3 is 1.68 bits per heavy atom. The van der Waals surface area contributed by atoms with E-state index in [-0.39, 0.29) is 5.97 Å². The normalized spacial score (nSPS) is 19.1. The van der Waals surface area contributed by atoms with Gasteiger partial charge < -0.3 is 13.3 Å². The summed E-state index contributed by atoms with van der Waals surface area (Å²) in [5.41, 5.74) is 0.903. The molecule has 3 unspecified atom stereocenters. The Hall–Kier alpha value is -0.176. The van der Waals surface area contributed by atoms with Crippen LogP contribution < -0.4 is 0 Å². The van der Waals surface area contributed by atoms with Crippen LogP contribution in [0.2, 0.25) is 22.2 Å². The molecule has 0 aliphatic carbocycles. The van der Waals surface area contributed by atoms with Crippen LogP contribution in [-0.4, -0.2) is 36.8 Å². The van der Waals surface area contributed by atoms with E-state index in [4.69, 9.17) is 13.3 Å². The summed E-state index contributed by atoms with van der Waals surface area (Å²) in [4.78, 5) is 13.4. The first-order chi connectivity index (χ1) is 11.7. The molecule has 0 aliphatic heterocycles. The minimum Gasteiger partial charge on any atom is -0.518 e. The number of carbonyl (C=O) groups is 1. The van der Waals surface area contributed by atoms with Crippen molar-refractivity contribution >= 4 is 23.6 Å². The van der Waals surface area contributed by atoms with Crippen LogP contribution >= 0.6 is 0 Å². The molecule has 0 bridgehead atoms. The lowest BCUT2D eigenvalue weighted by Crippen LogP contribution is -2.52. The molecule has 0 rings (SSSR count). The van der Waals surface area contributed by atoms with E-state index in [0.29, 0.717) is 30.7 Å². The molecule has 0 amide bonds. The molecule has 0 aromatic heterocycles. The van der Waals surface area contributed by atoms with Gasteiger partial charge in [0.05, 0.1) is 0 Å². The van der Waals surface area contributed by atoms with Gasteiger partial charge >= 0.3 is 9.28 Å². The molecule has 0 saturated heterocycles. The zero-order valence-electron chi connectivity index (χ0n) is 18.0. The number of rotatable bonds is 13. The fourth-order valence-corrected chi connectivity index (χ4v) is 10.1. The Morgan fingerprint density at radius 1 is 0.960 bits per heavy atom. The van der Waals surface area contributed by atoms with Crippen LogP contribution in [0, 0.1) is 0 Å². The minimum absolute atomic E-state index is 0.0973. The van der Waals surface area contributed by atoms with Gasteiger partial charge in [-0.1, -0.05) is 54.4 Å². The lowest BCUT2D eigenvalue weighted by atomic mass is 10.1. The van der Waals surface area contributed by atoms with Gasteiger partial charge in [-0.3, -0.25) is 4.79 Å². The van der Waals surface area contributed by atoms with Gasteiger partial charge in [0, 0.05) is 13.2 Å². The Bertz CT molecular complexity index is 376. The van der Waals surface area contributed by atoms with Gasteiger partial charge in [0.15, 0.2) is 0 Å². The Kier molecular flexibility index (Phi) is 11.4. The van der Waals surface area contributed by atoms with E-state index >= 15 is 0 Å². The zero-order chi connectivity index (χ0) is 19.7. The fourth-order valence-electron chi connectivity index (χ4n) is 3.43. The summed E-state index contributed by atoms with van der Waals surface area (Å²) in [7, 11) is -3.93. The highest BCUT2D eigenvalue weighted by molar-refractivity contribution is 6.78. The summed E-state index contributed by atoms with van der Waals surface area (Å²) >= 11 is 0. The predicted octanol–water partition coefficient (Wildman–Crippen LogP) is 5.83.